The van der Waals surface area contributed by atoms with Crippen molar-refractivity contribution in [3.05, 3.63) is 0 Å². The van der Waals surface area contributed by atoms with Crippen LogP contribution >= 0.6 is 12.9 Å². The van der Waals surface area contributed by atoms with Gasteiger partial charge in [0.1, 0.15) is 0 Å². The number of carbonyl (C=O) groups is 1. The molecule has 0 rings (SSSR count). The first kappa shape index (κ1) is 5.58. The van der Waals surface area contributed by atoms with Crippen molar-refractivity contribution in [2.24, 2.45) is 5.90 Å². The molecule has 0 aromatic carbocycles. The predicted octanol–water partition coefficient (Wildman–Crippen LogP) is -0.142. The quantitative estimate of drug-likeness (QED) is 0.258. The molecule has 0 saturated carbocycles. The zero-order valence-corrected chi connectivity index (χ0v) is 3.64. The highest BCUT2D eigenvalue weighted by Crippen LogP contribution is 1.79. The van der Waals surface area contributed by atoms with Gasteiger partial charge in [-0.1, -0.05) is 0 Å². The van der Waals surface area contributed by atoms with E-state index in [0.29, 0.717) is 0 Å². The highest BCUT2D eigenvalue weighted by molar-refractivity contribution is 7.75. The van der Waals surface area contributed by atoms with E-state index in [2.05, 4.69) is 27.8 Å². The lowest BCUT2D eigenvalue weighted by Crippen LogP contribution is -2.06. The minimum atomic E-state index is -1.02. The van der Waals surface area contributed by atoms with E-state index in [4.69, 9.17) is 0 Å². The molecule has 0 amide bonds. The normalized spacial score (nSPS) is 7.00. The van der Waals surface area contributed by atoms with Gasteiger partial charge in [0.05, 0.1) is 0 Å². The second kappa shape index (κ2) is 2.80. The molecule has 0 aromatic rings. The monoisotopic (exact) mass is 109 g/mol. The Labute approximate surface area is 39.8 Å². The second-order valence-corrected chi connectivity index (χ2v) is 0.642. The topological polar surface area (TPSA) is 61.5 Å². The molecule has 0 bridgehead atoms. The standard InChI is InChI=1S/CH3NO3S/c2-4-1(3)5-6/h6H,2H2. The van der Waals surface area contributed by atoms with Gasteiger partial charge in [0, 0.05) is 12.9 Å². The molecule has 36 valence electrons. The van der Waals surface area contributed by atoms with E-state index in [9.17, 15) is 4.79 Å². The highest BCUT2D eigenvalue weighted by atomic mass is 32.1. The molecule has 0 unspecified atom stereocenters. The third kappa shape index (κ3) is 1.86. The first-order chi connectivity index (χ1) is 2.81. The minimum Gasteiger partial charge on any atom is -0.362 e. The number of hydrogen-bond donors (Lipinski definition) is 2. The molecule has 0 atom stereocenters. The van der Waals surface area contributed by atoms with Gasteiger partial charge in [0.15, 0.2) is 0 Å². The molecule has 0 saturated heterocycles. The largest absolute Gasteiger partial charge is 0.539 e. The number of rotatable bonds is 0. The predicted molar refractivity (Wildman–Crippen MR) is 20.7 cm³/mol. The van der Waals surface area contributed by atoms with Crippen LogP contribution in [0.1, 0.15) is 0 Å². The van der Waals surface area contributed by atoms with E-state index < -0.39 is 6.16 Å². The van der Waals surface area contributed by atoms with E-state index >= 15 is 0 Å². The lowest BCUT2D eigenvalue weighted by molar-refractivity contribution is 0.108. The number of carbonyl (C=O) groups excluding carboxylic acids is 1. The summed E-state index contributed by atoms with van der Waals surface area (Å²) < 4.78 is 3.61. The molecule has 4 nitrogen and oxygen atoms in total. The fraction of sp³-hybridized carbons (Fsp3) is 0. The Balaban J connectivity index is 2.99. The molecule has 0 aromatic heterocycles. The summed E-state index contributed by atoms with van der Waals surface area (Å²) in [4.78, 5) is 13.0. The minimum absolute atomic E-state index is 1.02. The van der Waals surface area contributed by atoms with Gasteiger partial charge < -0.3 is 9.02 Å². The average molecular weight is 109 g/mol. The van der Waals surface area contributed by atoms with Crippen LogP contribution in [0.4, 0.5) is 4.79 Å². The van der Waals surface area contributed by atoms with E-state index in [0.717, 1.165) is 0 Å². The van der Waals surface area contributed by atoms with Crippen LogP contribution in [0.15, 0.2) is 0 Å². The molecule has 0 fully saturated rings. The molecular weight excluding hydrogens is 106 g/mol. The number of hydrogen-bond acceptors (Lipinski definition) is 5. The van der Waals surface area contributed by atoms with Crippen LogP contribution < -0.4 is 5.90 Å². The Bertz CT molecular complexity index is 48.8. The number of nitrogens with two attached hydrogens (primary N) is 1. The first-order valence-electron chi connectivity index (χ1n) is 1.03. The summed E-state index contributed by atoms with van der Waals surface area (Å²) >= 11 is 3.04. The Hall–Kier alpha value is -0.420. The van der Waals surface area contributed by atoms with Gasteiger partial charge in [-0.15, -0.1) is 0 Å². The fourth-order valence-electron chi connectivity index (χ4n) is 0.0215. The zero-order chi connectivity index (χ0) is 4.99. The SMILES string of the molecule is NOC(=O)OS. The molecule has 0 radical (unpaired) electrons. The van der Waals surface area contributed by atoms with E-state index in [1.165, 1.54) is 0 Å². The third-order valence-electron chi connectivity index (χ3n) is 0.171. The average Bonchev–Trinajstić information content (AvgIpc) is 1.65. The van der Waals surface area contributed by atoms with E-state index in [1.54, 1.807) is 0 Å². The summed E-state index contributed by atoms with van der Waals surface area (Å²) in [6.45, 7) is 0. The zero-order valence-electron chi connectivity index (χ0n) is 2.75. The summed E-state index contributed by atoms with van der Waals surface area (Å²) in [5, 5.41) is 0. The van der Waals surface area contributed by atoms with Gasteiger partial charge in [-0.2, -0.15) is 5.90 Å². The first-order valence-corrected chi connectivity index (χ1v) is 1.40. The summed E-state index contributed by atoms with van der Waals surface area (Å²) in [5.41, 5.74) is 0. The highest BCUT2D eigenvalue weighted by Gasteiger charge is 1.92. The maximum absolute atomic E-state index is 9.53. The van der Waals surface area contributed by atoms with Crippen LogP contribution in [0, 0.1) is 0 Å². The second-order valence-electron chi connectivity index (χ2n) is 0.459. The molecule has 2 N–H and O–H groups in total. The molecule has 6 heavy (non-hydrogen) atoms. The molecule has 0 heterocycles. The van der Waals surface area contributed by atoms with Crippen molar-refractivity contribution >= 4 is 19.1 Å². The van der Waals surface area contributed by atoms with Gasteiger partial charge in [0.2, 0.25) is 0 Å². The van der Waals surface area contributed by atoms with Crippen molar-refractivity contribution in [3.63, 3.8) is 0 Å². The van der Waals surface area contributed by atoms with Crippen LogP contribution in [0.2, 0.25) is 0 Å². The Morgan fingerprint density at radius 3 is 2.33 bits per heavy atom. The lowest BCUT2D eigenvalue weighted by atomic mass is 11.4. The number of thiol groups is 1. The van der Waals surface area contributed by atoms with Crippen molar-refractivity contribution in [3.8, 4) is 0 Å². The maximum atomic E-state index is 9.53. The summed E-state index contributed by atoms with van der Waals surface area (Å²) in [7, 11) is 0. The Morgan fingerprint density at radius 2 is 2.33 bits per heavy atom. The molecule has 0 aliphatic carbocycles. The smallest absolute Gasteiger partial charge is 0.362 e. The van der Waals surface area contributed by atoms with Crippen LogP contribution in [0.3, 0.4) is 0 Å². The van der Waals surface area contributed by atoms with Crippen molar-refractivity contribution in [1.82, 2.24) is 0 Å². The van der Waals surface area contributed by atoms with Gasteiger partial charge >= 0.3 is 6.16 Å². The molecule has 5 heteroatoms. The van der Waals surface area contributed by atoms with Gasteiger partial charge in [-0.05, 0) is 0 Å². The molecule has 0 spiro atoms. The van der Waals surface area contributed by atoms with Crippen molar-refractivity contribution in [2.75, 3.05) is 0 Å². The fourth-order valence-corrected chi connectivity index (χ4v) is 0.0645. The van der Waals surface area contributed by atoms with Crippen LogP contribution in [-0.4, -0.2) is 6.16 Å². The lowest BCUT2D eigenvalue weighted by Gasteiger charge is -1.86. The van der Waals surface area contributed by atoms with Crippen molar-refractivity contribution in [1.29, 1.82) is 0 Å². The van der Waals surface area contributed by atoms with E-state index in [1.807, 2.05) is 0 Å². The van der Waals surface area contributed by atoms with Crippen LogP contribution in [0.5, 0.6) is 0 Å². The van der Waals surface area contributed by atoms with Gasteiger partial charge in [-0.3, -0.25) is 0 Å². The van der Waals surface area contributed by atoms with Gasteiger partial charge in [-0.25, -0.2) is 4.79 Å². The van der Waals surface area contributed by atoms with Crippen molar-refractivity contribution in [2.45, 2.75) is 0 Å². The summed E-state index contributed by atoms with van der Waals surface area (Å²) in [5.74, 6) is 4.26. The van der Waals surface area contributed by atoms with Gasteiger partial charge in [0.25, 0.3) is 0 Å². The molecule has 0 aliphatic rings. The molecular formula is CH3NO3S. The molecule has 0 aliphatic heterocycles. The Morgan fingerprint density at radius 1 is 1.83 bits per heavy atom. The Kier molecular flexibility index (Phi) is 2.60. The van der Waals surface area contributed by atoms with Crippen LogP contribution in [-0.2, 0) is 9.02 Å². The van der Waals surface area contributed by atoms with E-state index in [-0.39, 0.29) is 0 Å². The third-order valence-corrected chi connectivity index (χ3v) is 0.320. The summed E-state index contributed by atoms with van der Waals surface area (Å²) in [6.07, 6.45) is -1.02. The van der Waals surface area contributed by atoms with Crippen LogP contribution in [0.25, 0.3) is 0 Å². The van der Waals surface area contributed by atoms with Crippen molar-refractivity contribution < 1.29 is 13.8 Å². The summed E-state index contributed by atoms with van der Waals surface area (Å²) in [6, 6.07) is 0. The maximum Gasteiger partial charge on any atom is 0.539 e.